The Bertz CT molecular complexity index is 1100. The highest BCUT2D eigenvalue weighted by Crippen LogP contribution is 2.46. The van der Waals surface area contributed by atoms with Gasteiger partial charge in [0.15, 0.2) is 5.78 Å². The summed E-state index contributed by atoms with van der Waals surface area (Å²) < 4.78 is 10.3. The van der Waals surface area contributed by atoms with E-state index in [4.69, 9.17) is 9.47 Å². The summed E-state index contributed by atoms with van der Waals surface area (Å²) in [4.78, 5) is 56.5. The van der Waals surface area contributed by atoms with Crippen molar-refractivity contribution in [3.05, 3.63) is 52.0 Å². The number of hydrogen-bond acceptors (Lipinski definition) is 8. The van der Waals surface area contributed by atoms with E-state index in [9.17, 15) is 19.2 Å². The number of thiazole rings is 1. The molecule has 3 atom stereocenters. The van der Waals surface area contributed by atoms with E-state index in [-0.39, 0.29) is 19.0 Å². The average molecular weight is 531 g/mol. The molecule has 1 aromatic heterocycles. The largest absolute Gasteiger partial charge is 0.382 e. The highest BCUT2D eigenvalue weighted by Gasteiger charge is 2.48. The van der Waals surface area contributed by atoms with Crippen LogP contribution in [0.3, 0.4) is 0 Å². The number of nitrogens with zero attached hydrogens (tertiary/aromatic N) is 1. The van der Waals surface area contributed by atoms with Gasteiger partial charge in [-0.3, -0.25) is 19.2 Å². The first kappa shape index (κ1) is 28.4. The van der Waals surface area contributed by atoms with Crippen LogP contribution in [0.2, 0.25) is 0 Å². The van der Waals surface area contributed by atoms with Crippen LogP contribution in [-0.4, -0.2) is 74.0 Å². The Labute approximate surface area is 220 Å². The van der Waals surface area contributed by atoms with E-state index in [1.165, 1.54) is 31.8 Å². The fourth-order valence-corrected chi connectivity index (χ4v) is 4.53. The van der Waals surface area contributed by atoms with Gasteiger partial charge in [-0.15, -0.1) is 11.3 Å². The molecule has 0 unspecified atom stereocenters. The summed E-state index contributed by atoms with van der Waals surface area (Å²) in [6, 6.07) is 6.56. The number of amides is 3. The van der Waals surface area contributed by atoms with Crippen molar-refractivity contribution in [3.8, 4) is 0 Å². The number of methoxy groups -OCH3 is 2. The van der Waals surface area contributed by atoms with Crippen molar-refractivity contribution in [1.29, 1.82) is 0 Å². The van der Waals surface area contributed by atoms with Crippen molar-refractivity contribution in [2.24, 2.45) is 5.41 Å². The third kappa shape index (κ3) is 7.91. The Balaban J connectivity index is 1.70. The molecule has 1 aliphatic carbocycles. The summed E-state index contributed by atoms with van der Waals surface area (Å²) in [7, 11) is 2.81. The Kier molecular flexibility index (Phi) is 9.90. The van der Waals surface area contributed by atoms with Crippen molar-refractivity contribution in [2.45, 2.75) is 51.2 Å². The fourth-order valence-electron chi connectivity index (χ4n) is 3.85. The van der Waals surface area contributed by atoms with Crippen molar-refractivity contribution < 1.29 is 28.7 Å². The number of ketones is 1. The maximum atomic E-state index is 13.3. The molecule has 3 rings (SSSR count). The molecule has 11 heteroatoms. The third-order valence-electron chi connectivity index (χ3n) is 6.28. The molecule has 1 fully saturated rings. The Morgan fingerprint density at radius 1 is 0.946 bits per heavy atom. The summed E-state index contributed by atoms with van der Waals surface area (Å²) in [5, 5.41) is 8.81. The fraction of sp³-hybridized carbons (Fsp3) is 0.500. The molecule has 1 heterocycles. The van der Waals surface area contributed by atoms with Crippen molar-refractivity contribution in [2.75, 3.05) is 27.4 Å². The molecule has 0 bridgehead atoms. The number of Topliss-reactive ketones (excluding diaryl/α,β-unsaturated/α-hetero) is 1. The third-order valence-corrected chi connectivity index (χ3v) is 7.19. The smallest absolute Gasteiger partial charge is 0.263 e. The van der Waals surface area contributed by atoms with Gasteiger partial charge in [0, 0.05) is 19.6 Å². The standard InChI is InChI=1S/C26H34N4O6S/c1-16-27-13-21(37-16)25(34)30-20(15-36-4)24(33)29-19(14-35-3)23(32)28-18(22(31)26(2)10-11-26)12-17-8-6-5-7-9-17/h5-9,13,18-20H,10-12,14-15H2,1-4H3,(H,28,32)(H,29,33)(H,30,34)/t18-,19-,20-/m0/s1. The van der Waals surface area contributed by atoms with E-state index < -0.39 is 41.3 Å². The van der Waals surface area contributed by atoms with Crippen LogP contribution in [0.5, 0.6) is 0 Å². The lowest BCUT2D eigenvalue weighted by molar-refractivity contribution is -0.134. The summed E-state index contributed by atoms with van der Waals surface area (Å²) in [6.45, 7) is 3.44. The van der Waals surface area contributed by atoms with Gasteiger partial charge in [0.2, 0.25) is 11.8 Å². The predicted octanol–water partition coefficient (Wildman–Crippen LogP) is 1.42. The van der Waals surface area contributed by atoms with Gasteiger partial charge in [0.25, 0.3) is 5.91 Å². The molecule has 0 radical (unpaired) electrons. The molecule has 0 aliphatic heterocycles. The lowest BCUT2D eigenvalue weighted by Gasteiger charge is -2.26. The molecule has 1 aromatic carbocycles. The van der Waals surface area contributed by atoms with Crippen molar-refractivity contribution in [3.63, 3.8) is 0 Å². The number of benzene rings is 1. The van der Waals surface area contributed by atoms with Crippen LogP contribution in [0.25, 0.3) is 0 Å². The SMILES string of the molecule is COC[C@H](NC(=O)c1cnc(C)s1)C(=O)N[C@@H](COC)C(=O)N[C@@H](Cc1ccccc1)C(=O)C1(C)CC1. The average Bonchev–Trinajstić information content (AvgIpc) is 3.48. The molecule has 1 aliphatic rings. The van der Waals surface area contributed by atoms with Gasteiger partial charge in [-0.25, -0.2) is 4.98 Å². The molecular weight excluding hydrogens is 496 g/mol. The lowest BCUT2D eigenvalue weighted by Crippen LogP contribution is -2.58. The number of ether oxygens (including phenoxy) is 2. The van der Waals surface area contributed by atoms with Crippen LogP contribution < -0.4 is 16.0 Å². The van der Waals surface area contributed by atoms with E-state index in [0.29, 0.717) is 11.3 Å². The van der Waals surface area contributed by atoms with E-state index in [2.05, 4.69) is 20.9 Å². The maximum Gasteiger partial charge on any atom is 0.263 e. The second-order valence-electron chi connectivity index (χ2n) is 9.42. The predicted molar refractivity (Wildman–Crippen MR) is 138 cm³/mol. The zero-order valence-corrected chi connectivity index (χ0v) is 22.4. The molecule has 10 nitrogen and oxygen atoms in total. The number of hydrogen-bond donors (Lipinski definition) is 3. The summed E-state index contributed by atoms with van der Waals surface area (Å²) in [5.74, 6) is -1.67. The topological polar surface area (TPSA) is 136 Å². The van der Waals surface area contributed by atoms with Crippen molar-refractivity contribution in [1.82, 2.24) is 20.9 Å². The van der Waals surface area contributed by atoms with Gasteiger partial charge in [-0.05, 0) is 31.7 Å². The minimum absolute atomic E-state index is 0.0310. The minimum atomic E-state index is -1.09. The van der Waals surface area contributed by atoms with E-state index >= 15 is 0 Å². The number of carbonyl (C=O) groups is 4. The quantitative estimate of drug-likeness (QED) is 0.336. The number of aromatic nitrogens is 1. The monoisotopic (exact) mass is 530 g/mol. The van der Waals surface area contributed by atoms with Crippen LogP contribution >= 0.6 is 11.3 Å². The zero-order chi connectivity index (χ0) is 27.0. The van der Waals surface area contributed by atoms with Crippen LogP contribution in [0.4, 0.5) is 0 Å². The van der Waals surface area contributed by atoms with Gasteiger partial charge in [0.05, 0.1) is 30.5 Å². The van der Waals surface area contributed by atoms with Crippen LogP contribution in [0.1, 0.15) is 40.0 Å². The second kappa shape index (κ2) is 12.9. The Hall–Kier alpha value is -3.15. The summed E-state index contributed by atoms with van der Waals surface area (Å²) >= 11 is 1.20. The zero-order valence-electron chi connectivity index (χ0n) is 21.5. The summed E-state index contributed by atoms with van der Waals surface area (Å²) in [5.41, 5.74) is 0.467. The van der Waals surface area contributed by atoms with Gasteiger partial charge in [-0.1, -0.05) is 37.3 Å². The van der Waals surface area contributed by atoms with E-state index in [1.54, 1.807) is 6.92 Å². The molecule has 37 heavy (non-hydrogen) atoms. The summed E-state index contributed by atoms with van der Waals surface area (Å²) in [6.07, 6.45) is 3.33. The lowest BCUT2D eigenvalue weighted by atomic mass is 9.92. The number of aryl methyl sites for hydroxylation is 1. The van der Waals surface area contributed by atoms with Crippen LogP contribution in [0, 0.1) is 12.3 Å². The molecule has 200 valence electrons. The molecule has 3 amide bonds. The van der Waals surface area contributed by atoms with Gasteiger partial charge in [0.1, 0.15) is 17.0 Å². The first-order chi connectivity index (χ1) is 17.7. The molecule has 0 spiro atoms. The van der Waals surface area contributed by atoms with Crippen LogP contribution in [0.15, 0.2) is 36.5 Å². The molecule has 1 saturated carbocycles. The molecule has 3 N–H and O–H groups in total. The van der Waals surface area contributed by atoms with Gasteiger partial charge >= 0.3 is 0 Å². The number of nitrogens with one attached hydrogen (secondary N) is 3. The maximum absolute atomic E-state index is 13.3. The van der Waals surface area contributed by atoms with E-state index in [1.807, 2.05) is 37.3 Å². The highest BCUT2D eigenvalue weighted by molar-refractivity contribution is 7.13. The van der Waals surface area contributed by atoms with Gasteiger partial charge in [-0.2, -0.15) is 0 Å². The Morgan fingerprint density at radius 3 is 2.03 bits per heavy atom. The second-order valence-corrected chi connectivity index (χ2v) is 10.7. The molecular formula is C26H34N4O6S. The van der Waals surface area contributed by atoms with Gasteiger partial charge < -0.3 is 25.4 Å². The normalized spacial score (nSPS) is 16.2. The van der Waals surface area contributed by atoms with E-state index in [0.717, 1.165) is 23.4 Å². The minimum Gasteiger partial charge on any atom is -0.382 e. The van der Waals surface area contributed by atoms with Crippen molar-refractivity contribution >= 4 is 34.8 Å². The molecule has 2 aromatic rings. The first-order valence-electron chi connectivity index (χ1n) is 12.1. The number of carbonyl (C=O) groups excluding carboxylic acids is 4. The Morgan fingerprint density at radius 2 is 1.51 bits per heavy atom. The number of rotatable bonds is 14. The molecule has 0 saturated heterocycles. The highest BCUT2D eigenvalue weighted by atomic mass is 32.1. The first-order valence-corrected chi connectivity index (χ1v) is 12.9. The van der Waals surface area contributed by atoms with Crippen LogP contribution in [-0.2, 0) is 30.3 Å².